The van der Waals surface area contributed by atoms with Crippen molar-refractivity contribution >= 4 is 27.7 Å². The number of imidazole rings is 1. The monoisotopic (exact) mass is 511 g/mol. The SMILES string of the molecule is CNC(=O)C(NC(=O)c1nc(-c2cc(F)c(F)cc2Br)n2c1CN(C)CCC2)C(C)(C)C. The van der Waals surface area contributed by atoms with E-state index in [1.807, 2.05) is 32.4 Å². The molecule has 0 spiro atoms. The van der Waals surface area contributed by atoms with E-state index < -0.39 is 29.0 Å². The molecule has 2 N–H and O–H groups in total. The smallest absolute Gasteiger partial charge is 0.272 e. The van der Waals surface area contributed by atoms with Gasteiger partial charge in [-0.25, -0.2) is 13.8 Å². The fourth-order valence-electron chi connectivity index (χ4n) is 3.82. The van der Waals surface area contributed by atoms with Crippen molar-refractivity contribution in [2.75, 3.05) is 20.6 Å². The molecule has 7 nitrogen and oxygen atoms in total. The molecule has 2 amide bonds. The predicted octanol–water partition coefficient (Wildman–Crippen LogP) is 3.32. The summed E-state index contributed by atoms with van der Waals surface area (Å²) in [5, 5.41) is 5.41. The summed E-state index contributed by atoms with van der Waals surface area (Å²) < 4.78 is 30.0. The molecule has 2 heterocycles. The minimum Gasteiger partial charge on any atom is -0.357 e. The molecule has 1 aliphatic rings. The minimum absolute atomic E-state index is 0.170. The summed E-state index contributed by atoms with van der Waals surface area (Å²) in [5.74, 6) is -2.39. The number of benzene rings is 1. The maximum absolute atomic E-state index is 14.1. The maximum atomic E-state index is 14.1. The summed E-state index contributed by atoms with van der Waals surface area (Å²) in [6.07, 6.45) is 0.804. The highest BCUT2D eigenvalue weighted by molar-refractivity contribution is 9.10. The van der Waals surface area contributed by atoms with Crippen molar-refractivity contribution in [3.63, 3.8) is 0 Å². The third-order valence-electron chi connectivity index (χ3n) is 5.53. The van der Waals surface area contributed by atoms with Gasteiger partial charge in [0, 0.05) is 30.2 Å². The molecule has 10 heteroatoms. The van der Waals surface area contributed by atoms with E-state index in [-0.39, 0.29) is 11.6 Å². The Morgan fingerprint density at radius 1 is 1.19 bits per heavy atom. The fourth-order valence-corrected chi connectivity index (χ4v) is 4.31. The van der Waals surface area contributed by atoms with Crippen molar-refractivity contribution in [2.45, 2.75) is 46.3 Å². The second kappa shape index (κ2) is 9.27. The van der Waals surface area contributed by atoms with Crippen molar-refractivity contribution in [3.05, 3.63) is 39.6 Å². The number of likely N-dealkylation sites (N-methyl/N-ethyl adjacent to an activating group) is 1. The number of carbonyl (C=O) groups excluding carboxylic acids is 2. The third-order valence-corrected chi connectivity index (χ3v) is 6.19. The summed E-state index contributed by atoms with van der Waals surface area (Å²) in [5.41, 5.74) is 0.657. The summed E-state index contributed by atoms with van der Waals surface area (Å²) in [6, 6.07) is 1.35. The summed E-state index contributed by atoms with van der Waals surface area (Å²) in [4.78, 5) is 32.4. The van der Waals surface area contributed by atoms with E-state index in [1.165, 1.54) is 7.05 Å². The molecule has 0 bridgehead atoms. The molecule has 0 radical (unpaired) electrons. The largest absolute Gasteiger partial charge is 0.357 e. The number of halogens is 3. The van der Waals surface area contributed by atoms with Crippen LogP contribution in [0.25, 0.3) is 11.4 Å². The number of hydrogen-bond acceptors (Lipinski definition) is 4. The van der Waals surface area contributed by atoms with Crippen LogP contribution in [0, 0.1) is 17.0 Å². The first-order valence-electron chi connectivity index (χ1n) is 10.4. The van der Waals surface area contributed by atoms with Gasteiger partial charge in [-0.1, -0.05) is 20.8 Å². The molecular weight excluding hydrogens is 484 g/mol. The third kappa shape index (κ3) is 4.85. The van der Waals surface area contributed by atoms with Gasteiger partial charge in [0.1, 0.15) is 11.9 Å². The average molecular weight is 512 g/mol. The zero-order valence-electron chi connectivity index (χ0n) is 18.9. The minimum atomic E-state index is -0.996. The number of aromatic nitrogens is 2. The molecule has 1 aromatic carbocycles. The predicted molar refractivity (Wildman–Crippen MR) is 121 cm³/mol. The summed E-state index contributed by atoms with van der Waals surface area (Å²) in [7, 11) is 3.46. The quantitative estimate of drug-likeness (QED) is 0.617. The van der Waals surface area contributed by atoms with Crippen LogP contribution >= 0.6 is 15.9 Å². The fraction of sp³-hybridized carbons (Fsp3) is 0.500. The van der Waals surface area contributed by atoms with Gasteiger partial charge in [0.2, 0.25) is 5.91 Å². The van der Waals surface area contributed by atoms with Gasteiger partial charge >= 0.3 is 0 Å². The van der Waals surface area contributed by atoms with Crippen LogP contribution in [0.1, 0.15) is 43.4 Å². The van der Waals surface area contributed by atoms with Gasteiger partial charge in [0.15, 0.2) is 17.3 Å². The number of hydrogen-bond donors (Lipinski definition) is 2. The van der Waals surface area contributed by atoms with E-state index in [0.29, 0.717) is 34.6 Å². The Hall–Kier alpha value is -2.33. The van der Waals surface area contributed by atoms with Crippen LogP contribution in [0.4, 0.5) is 8.78 Å². The van der Waals surface area contributed by atoms with Crippen LogP contribution in [0.3, 0.4) is 0 Å². The zero-order chi connectivity index (χ0) is 23.8. The molecule has 1 aromatic heterocycles. The normalized spacial score (nSPS) is 15.6. The van der Waals surface area contributed by atoms with Gasteiger partial charge in [0.05, 0.1) is 5.69 Å². The molecule has 3 rings (SSSR count). The van der Waals surface area contributed by atoms with Gasteiger partial charge in [-0.05, 0) is 53.5 Å². The second-order valence-corrected chi connectivity index (χ2v) is 9.96. The lowest BCUT2D eigenvalue weighted by Gasteiger charge is -2.29. The molecule has 0 saturated heterocycles. The van der Waals surface area contributed by atoms with Crippen LogP contribution in [0.2, 0.25) is 0 Å². The lowest BCUT2D eigenvalue weighted by molar-refractivity contribution is -0.124. The average Bonchev–Trinajstić information content (AvgIpc) is 2.93. The molecule has 174 valence electrons. The highest BCUT2D eigenvalue weighted by Gasteiger charge is 2.35. The van der Waals surface area contributed by atoms with Crippen LogP contribution < -0.4 is 10.6 Å². The van der Waals surface area contributed by atoms with Gasteiger partial charge in [0.25, 0.3) is 5.91 Å². The van der Waals surface area contributed by atoms with Gasteiger partial charge in [-0.3, -0.25) is 9.59 Å². The van der Waals surface area contributed by atoms with E-state index in [9.17, 15) is 18.4 Å². The first-order valence-corrected chi connectivity index (χ1v) is 11.2. The van der Waals surface area contributed by atoms with E-state index >= 15 is 0 Å². The van der Waals surface area contributed by atoms with Crippen LogP contribution in [0.5, 0.6) is 0 Å². The van der Waals surface area contributed by atoms with Crippen LogP contribution in [-0.2, 0) is 17.9 Å². The highest BCUT2D eigenvalue weighted by Crippen LogP contribution is 2.33. The van der Waals surface area contributed by atoms with Gasteiger partial charge in [-0.15, -0.1) is 0 Å². The molecular formula is C22H28BrF2N5O2. The molecule has 2 aromatic rings. The van der Waals surface area contributed by atoms with Gasteiger partial charge < -0.3 is 20.1 Å². The Morgan fingerprint density at radius 2 is 1.84 bits per heavy atom. The number of carbonyl (C=O) groups is 2. The number of fused-ring (bicyclic) bond motifs is 1. The molecule has 32 heavy (non-hydrogen) atoms. The summed E-state index contributed by atoms with van der Waals surface area (Å²) >= 11 is 3.29. The first-order chi connectivity index (χ1) is 14.9. The highest BCUT2D eigenvalue weighted by atomic mass is 79.9. The van der Waals surface area contributed by atoms with Crippen LogP contribution in [0.15, 0.2) is 16.6 Å². The number of nitrogens with one attached hydrogen (secondary N) is 2. The van der Waals surface area contributed by atoms with E-state index in [1.54, 1.807) is 0 Å². The molecule has 0 aliphatic carbocycles. The lowest BCUT2D eigenvalue weighted by Crippen LogP contribution is -2.53. The Kier molecular flexibility index (Phi) is 7.04. The Balaban J connectivity index is 2.12. The summed E-state index contributed by atoms with van der Waals surface area (Å²) in [6.45, 7) is 7.41. The standard InChI is InChI=1S/C22H28BrF2N5O2/c1-22(2,3)18(21(32)26-4)28-20(31)17-16-11-29(5)7-6-8-30(16)19(27-17)12-9-14(24)15(25)10-13(12)23/h9-10,18H,6-8,11H2,1-5H3,(H,26,32)(H,28,31). The van der Waals surface area contributed by atoms with Crippen molar-refractivity contribution in [2.24, 2.45) is 5.41 Å². The van der Waals surface area contributed by atoms with E-state index in [0.717, 1.165) is 25.1 Å². The number of amides is 2. The molecule has 1 atom stereocenters. The first kappa shape index (κ1) is 24.3. The molecule has 0 fully saturated rings. The molecule has 1 aliphatic heterocycles. The Morgan fingerprint density at radius 3 is 2.47 bits per heavy atom. The van der Waals surface area contributed by atoms with Crippen molar-refractivity contribution in [1.29, 1.82) is 0 Å². The van der Waals surface area contributed by atoms with Crippen LogP contribution in [-0.4, -0.2) is 52.9 Å². The molecule has 0 saturated carbocycles. The topological polar surface area (TPSA) is 79.3 Å². The van der Waals surface area contributed by atoms with Crippen molar-refractivity contribution in [1.82, 2.24) is 25.1 Å². The zero-order valence-corrected chi connectivity index (χ0v) is 20.4. The van der Waals surface area contributed by atoms with Crippen molar-refractivity contribution in [3.8, 4) is 11.4 Å². The number of nitrogens with zero attached hydrogens (tertiary/aromatic N) is 3. The maximum Gasteiger partial charge on any atom is 0.272 e. The van der Waals surface area contributed by atoms with E-state index in [2.05, 4.69) is 36.4 Å². The van der Waals surface area contributed by atoms with Crippen molar-refractivity contribution < 1.29 is 18.4 Å². The second-order valence-electron chi connectivity index (χ2n) is 9.11. The Labute approximate surface area is 194 Å². The number of rotatable bonds is 4. The van der Waals surface area contributed by atoms with E-state index in [4.69, 9.17) is 0 Å². The lowest BCUT2D eigenvalue weighted by atomic mass is 9.86. The van der Waals surface area contributed by atoms with Gasteiger partial charge in [-0.2, -0.15) is 0 Å². The Bertz CT molecular complexity index is 1050. The molecule has 1 unspecified atom stereocenters.